The molecule has 0 saturated heterocycles. The van der Waals surface area contributed by atoms with Crippen LogP contribution in [0.15, 0.2) is 46.9 Å². The maximum Gasteiger partial charge on any atom is 0.265 e. The molecule has 1 aliphatic rings. The molecule has 29 heavy (non-hydrogen) atoms. The van der Waals surface area contributed by atoms with Gasteiger partial charge >= 0.3 is 0 Å². The van der Waals surface area contributed by atoms with Crippen LogP contribution in [-0.4, -0.2) is 62.0 Å². The molecular weight excluding hydrogens is 458 g/mol. The molecule has 154 valence electrons. The molecule has 0 bridgehead atoms. The normalized spacial score (nSPS) is 13.3. The molecule has 2 aromatic rings. The van der Waals surface area contributed by atoms with Gasteiger partial charge in [0.05, 0.1) is 5.69 Å². The summed E-state index contributed by atoms with van der Waals surface area (Å²) in [6.45, 7) is 1.57. The first kappa shape index (κ1) is 21.6. The summed E-state index contributed by atoms with van der Waals surface area (Å²) in [6, 6.07) is 12.9. The van der Waals surface area contributed by atoms with E-state index in [4.69, 9.17) is 16.3 Å². The van der Waals surface area contributed by atoms with E-state index in [1.54, 1.807) is 23.1 Å². The van der Waals surface area contributed by atoms with Crippen LogP contribution < -0.4 is 9.64 Å². The van der Waals surface area contributed by atoms with Crippen molar-refractivity contribution in [3.63, 3.8) is 0 Å². The van der Waals surface area contributed by atoms with Crippen molar-refractivity contribution < 1.29 is 14.3 Å². The zero-order valence-corrected chi connectivity index (χ0v) is 18.7. The number of fused-ring (bicyclic) bond motifs is 1. The van der Waals surface area contributed by atoms with Crippen molar-refractivity contribution in [2.75, 3.05) is 45.2 Å². The van der Waals surface area contributed by atoms with Gasteiger partial charge in [-0.15, -0.1) is 0 Å². The molecule has 0 spiro atoms. The van der Waals surface area contributed by atoms with Gasteiger partial charge in [0.25, 0.3) is 5.91 Å². The minimum Gasteiger partial charge on any atom is -0.482 e. The van der Waals surface area contributed by atoms with E-state index < -0.39 is 0 Å². The lowest BCUT2D eigenvalue weighted by Gasteiger charge is -2.32. The van der Waals surface area contributed by atoms with Crippen molar-refractivity contribution in [1.82, 2.24) is 9.80 Å². The van der Waals surface area contributed by atoms with E-state index in [2.05, 4.69) is 15.9 Å². The van der Waals surface area contributed by atoms with Crippen LogP contribution in [0.25, 0.3) is 0 Å². The van der Waals surface area contributed by atoms with Crippen molar-refractivity contribution in [1.29, 1.82) is 0 Å². The van der Waals surface area contributed by atoms with Crippen LogP contribution in [0.3, 0.4) is 0 Å². The zero-order chi connectivity index (χ0) is 21.0. The number of halogens is 2. The number of hydrogen-bond donors (Lipinski definition) is 0. The molecule has 8 heteroatoms. The lowest BCUT2D eigenvalue weighted by molar-refractivity contribution is -0.132. The number of benzene rings is 2. The third kappa shape index (κ3) is 5.72. The van der Waals surface area contributed by atoms with Gasteiger partial charge in [-0.3, -0.25) is 14.5 Å². The van der Waals surface area contributed by atoms with Gasteiger partial charge in [-0.05, 0) is 50.0 Å². The number of ether oxygens (including phenoxy) is 1. The van der Waals surface area contributed by atoms with E-state index in [1.807, 2.05) is 43.3 Å². The Labute approximate surface area is 184 Å². The highest BCUT2D eigenvalue weighted by atomic mass is 79.9. The van der Waals surface area contributed by atoms with Crippen LogP contribution in [-0.2, 0) is 16.1 Å². The second-order valence-corrected chi connectivity index (χ2v) is 8.48. The fourth-order valence-electron chi connectivity index (χ4n) is 3.06. The number of nitrogens with zero attached hydrogens (tertiary/aromatic N) is 3. The Hall–Kier alpha value is -2.09. The Bertz CT molecular complexity index is 906. The topological polar surface area (TPSA) is 53.1 Å². The second kappa shape index (κ2) is 9.61. The molecule has 6 nitrogen and oxygen atoms in total. The zero-order valence-electron chi connectivity index (χ0n) is 16.4. The molecule has 0 N–H and O–H groups in total. The van der Waals surface area contributed by atoms with Crippen LogP contribution >= 0.6 is 27.5 Å². The Morgan fingerprint density at radius 3 is 2.72 bits per heavy atom. The average molecular weight is 481 g/mol. The summed E-state index contributed by atoms with van der Waals surface area (Å²) in [4.78, 5) is 30.9. The lowest BCUT2D eigenvalue weighted by Crippen LogP contribution is -2.47. The molecule has 3 rings (SSSR count). The highest BCUT2D eigenvalue weighted by Crippen LogP contribution is 2.34. The minimum atomic E-state index is -0.233. The first-order chi connectivity index (χ1) is 13.8. The first-order valence-corrected chi connectivity index (χ1v) is 10.4. The van der Waals surface area contributed by atoms with Crippen molar-refractivity contribution in [2.45, 2.75) is 6.54 Å². The molecule has 1 heterocycles. The van der Waals surface area contributed by atoms with Crippen LogP contribution in [0.5, 0.6) is 5.75 Å². The summed E-state index contributed by atoms with van der Waals surface area (Å²) in [6.07, 6.45) is 0. The number of amides is 2. The molecule has 1 aliphatic heterocycles. The van der Waals surface area contributed by atoms with Gasteiger partial charge < -0.3 is 14.5 Å². The van der Waals surface area contributed by atoms with Gasteiger partial charge in [0.2, 0.25) is 5.91 Å². The van der Waals surface area contributed by atoms with E-state index in [9.17, 15) is 9.59 Å². The molecule has 2 amide bonds. The van der Waals surface area contributed by atoms with Crippen molar-refractivity contribution in [3.8, 4) is 5.75 Å². The van der Waals surface area contributed by atoms with Crippen LogP contribution in [0.4, 0.5) is 5.69 Å². The SMILES string of the molecule is CN(C)CCN(Cc1cccc(Cl)c1)C(=O)CN1C(=O)COc2cc(Br)ccc21. The van der Waals surface area contributed by atoms with Crippen molar-refractivity contribution >= 4 is 45.0 Å². The van der Waals surface area contributed by atoms with E-state index in [1.165, 1.54) is 4.90 Å². The minimum absolute atomic E-state index is 0.0369. The second-order valence-electron chi connectivity index (χ2n) is 7.13. The molecule has 0 fully saturated rings. The highest BCUT2D eigenvalue weighted by molar-refractivity contribution is 9.10. The smallest absolute Gasteiger partial charge is 0.265 e. The van der Waals surface area contributed by atoms with Crippen LogP contribution in [0, 0.1) is 0 Å². The summed E-state index contributed by atoms with van der Waals surface area (Å²) >= 11 is 9.50. The Morgan fingerprint density at radius 1 is 1.21 bits per heavy atom. The van der Waals surface area contributed by atoms with Crippen molar-refractivity contribution in [3.05, 3.63) is 57.5 Å². The summed E-state index contributed by atoms with van der Waals surface area (Å²) in [5.41, 5.74) is 1.55. The molecule has 0 saturated carbocycles. The molecule has 0 aliphatic carbocycles. The molecule has 0 atom stereocenters. The van der Waals surface area contributed by atoms with E-state index in [0.717, 1.165) is 10.0 Å². The van der Waals surface area contributed by atoms with Gasteiger partial charge in [-0.1, -0.05) is 39.7 Å². The predicted octanol–water partition coefficient (Wildman–Crippen LogP) is 3.42. The fourth-order valence-corrected chi connectivity index (χ4v) is 3.61. The molecule has 2 aromatic carbocycles. The van der Waals surface area contributed by atoms with Gasteiger partial charge in [-0.2, -0.15) is 0 Å². The summed E-state index contributed by atoms with van der Waals surface area (Å²) in [5, 5.41) is 0.630. The maximum atomic E-state index is 13.2. The monoisotopic (exact) mass is 479 g/mol. The number of rotatable bonds is 7. The van der Waals surface area contributed by atoms with Gasteiger partial charge in [0.15, 0.2) is 6.61 Å². The number of carbonyl (C=O) groups is 2. The third-order valence-electron chi connectivity index (χ3n) is 4.59. The highest BCUT2D eigenvalue weighted by Gasteiger charge is 2.29. The number of hydrogen-bond acceptors (Lipinski definition) is 4. The summed E-state index contributed by atoms with van der Waals surface area (Å²) < 4.78 is 6.36. The Kier molecular flexibility index (Phi) is 7.16. The van der Waals surface area contributed by atoms with Gasteiger partial charge in [0.1, 0.15) is 12.3 Å². The third-order valence-corrected chi connectivity index (χ3v) is 5.32. The Balaban J connectivity index is 1.79. The van der Waals surface area contributed by atoms with Crippen LogP contribution in [0.2, 0.25) is 5.02 Å². The standard InChI is InChI=1S/C21H23BrClN3O3/c1-24(2)8-9-25(12-15-4-3-5-17(23)10-15)20(27)13-26-18-7-6-16(22)11-19(18)29-14-21(26)28/h3-7,10-11H,8-9,12-14H2,1-2H3. The maximum absolute atomic E-state index is 13.2. The molecule has 0 radical (unpaired) electrons. The summed E-state index contributed by atoms with van der Waals surface area (Å²) in [5.74, 6) is 0.223. The predicted molar refractivity (Wildman–Crippen MR) is 117 cm³/mol. The van der Waals surface area contributed by atoms with E-state index in [-0.39, 0.29) is 25.0 Å². The quantitative estimate of drug-likeness (QED) is 0.609. The van der Waals surface area contributed by atoms with E-state index >= 15 is 0 Å². The number of carbonyl (C=O) groups excluding carboxylic acids is 2. The molecule has 0 unspecified atom stereocenters. The lowest BCUT2D eigenvalue weighted by atomic mass is 10.2. The Morgan fingerprint density at radius 2 is 2.00 bits per heavy atom. The molecular formula is C21H23BrClN3O3. The average Bonchev–Trinajstić information content (AvgIpc) is 2.67. The fraction of sp³-hybridized carbons (Fsp3) is 0.333. The molecule has 0 aromatic heterocycles. The summed E-state index contributed by atoms with van der Waals surface area (Å²) in [7, 11) is 3.92. The first-order valence-electron chi connectivity index (χ1n) is 9.23. The number of likely N-dealkylation sites (N-methyl/N-ethyl adjacent to an activating group) is 1. The largest absolute Gasteiger partial charge is 0.482 e. The van der Waals surface area contributed by atoms with Crippen LogP contribution in [0.1, 0.15) is 5.56 Å². The van der Waals surface area contributed by atoms with Crippen molar-refractivity contribution in [2.24, 2.45) is 0 Å². The van der Waals surface area contributed by atoms with Gasteiger partial charge in [0, 0.05) is 29.1 Å². The van der Waals surface area contributed by atoms with E-state index in [0.29, 0.717) is 36.1 Å². The number of anilines is 1. The van der Waals surface area contributed by atoms with Gasteiger partial charge in [-0.25, -0.2) is 0 Å².